The molecule has 4 aromatic rings. The fraction of sp³-hybridized carbons (Fsp3) is 0.240. The molecule has 0 aliphatic carbocycles. The second-order valence-electron chi connectivity index (χ2n) is 8.21. The molecule has 0 spiro atoms. The third-order valence-corrected chi connectivity index (χ3v) is 6.16. The summed E-state index contributed by atoms with van der Waals surface area (Å²) in [6, 6.07) is 11.7. The highest BCUT2D eigenvalue weighted by Gasteiger charge is 2.30. The molecule has 6 nitrogen and oxygen atoms in total. The Bertz CT molecular complexity index is 1490. The van der Waals surface area contributed by atoms with Crippen LogP contribution in [0.3, 0.4) is 0 Å². The monoisotopic (exact) mass is 534 g/mol. The summed E-state index contributed by atoms with van der Waals surface area (Å²) in [5.74, 6) is 1.15. The summed E-state index contributed by atoms with van der Waals surface area (Å²) in [4.78, 5) is 0. The zero-order valence-corrected chi connectivity index (χ0v) is 20.9. The van der Waals surface area contributed by atoms with Crippen molar-refractivity contribution in [3.8, 4) is 29.0 Å². The highest BCUT2D eigenvalue weighted by Crippen LogP contribution is 2.37. The number of halogens is 5. The van der Waals surface area contributed by atoms with Crippen LogP contribution in [0.25, 0.3) is 11.5 Å². The molecule has 2 heterocycles. The number of aromatic nitrogens is 3. The van der Waals surface area contributed by atoms with E-state index in [2.05, 4.69) is 10.2 Å². The van der Waals surface area contributed by atoms with Gasteiger partial charge in [0.2, 0.25) is 11.8 Å². The summed E-state index contributed by atoms with van der Waals surface area (Å²) in [5, 5.41) is 18.0. The van der Waals surface area contributed by atoms with Crippen molar-refractivity contribution in [2.24, 2.45) is 0 Å². The molecule has 0 amide bonds. The molecule has 0 saturated heterocycles. The van der Waals surface area contributed by atoms with Gasteiger partial charge in [0.05, 0.1) is 28.6 Å². The van der Waals surface area contributed by atoms with Gasteiger partial charge in [0.25, 0.3) is 0 Å². The lowest BCUT2D eigenvalue weighted by atomic mass is 10.0. The van der Waals surface area contributed by atoms with Crippen molar-refractivity contribution in [1.29, 1.82) is 5.26 Å². The van der Waals surface area contributed by atoms with Crippen LogP contribution in [0.4, 0.5) is 13.2 Å². The first-order valence-electron chi connectivity index (χ1n) is 10.7. The number of aryl methyl sites for hydroxylation is 1. The molecule has 0 bridgehead atoms. The Morgan fingerprint density at radius 3 is 2.53 bits per heavy atom. The SMILES string of the molecule is Cc1c(Cc2nnc(-c3cc(C)n(CC(F)(F)F)c3C)o2)ccc(Cl)c1Oc1cc(Cl)cc(C#N)c1. The van der Waals surface area contributed by atoms with Crippen LogP contribution in [-0.4, -0.2) is 20.9 Å². The van der Waals surface area contributed by atoms with Crippen molar-refractivity contribution in [2.75, 3.05) is 0 Å². The van der Waals surface area contributed by atoms with Crippen molar-refractivity contribution >= 4 is 23.2 Å². The fourth-order valence-electron chi connectivity index (χ4n) is 3.86. The molecule has 4 rings (SSSR count). The van der Waals surface area contributed by atoms with Crippen LogP contribution >= 0.6 is 23.2 Å². The van der Waals surface area contributed by atoms with E-state index in [1.165, 1.54) is 10.6 Å². The van der Waals surface area contributed by atoms with E-state index < -0.39 is 12.7 Å². The van der Waals surface area contributed by atoms with Gasteiger partial charge >= 0.3 is 6.18 Å². The number of nitrogens with zero attached hydrogens (tertiary/aromatic N) is 4. The Kier molecular flexibility index (Phi) is 7.03. The molecule has 0 saturated carbocycles. The van der Waals surface area contributed by atoms with Crippen molar-refractivity contribution in [2.45, 2.75) is 39.9 Å². The quantitative estimate of drug-likeness (QED) is 0.254. The van der Waals surface area contributed by atoms with Gasteiger partial charge < -0.3 is 13.7 Å². The maximum absolute atomic E-state index is 12.9. The number of benzene rings is 2. The molecule has 0 atom stereocenters. The standard InChI is InChI=1S/C25H19Cl2F3N4O2/c1-13-6-20(15(3)34(13)12-25(28,29)30)24-33-32-22(36-24)9-17-4-5-21(27)23(14(17)2)35-19-8-16(11-31)7-18(26)10-19/h4-8,10H,9,12H2,1-3H3. The third-order valence-electron chi connectivity index (χ3n) is 5.64. The van der Waals surface area contributed by atoms with Crippen LogP contribution in [0.15, 0.2) is 40.8 Å². The molecule has 11 heteroatoms. The maximum Gasteiger partial charge on any atom is 0.406 e. The van der Waals surface area contributed by atoms with Crippen molar-refractivity contribution < 1.29 is 22.3 Å². The molecule has 0 unspecified atom stereocenters. The van der Waals surface area contributed by atoms with Gasteiger partial charge in [0.1, 0.15) is 18.0 Å². The zero-order valence-electron chi connectivity index (χ0n) is 19.4. The molecule has 0 radical (unpaired) electrons. The summed E-state index contributed by atoms with van der Waals surface area (Å²) in [7, 11) is 0. The van der Waals surface area contributed by atoms with E-state index in [1.54, 1.807) is 44.2 Å². The Hall–Kier alpha value is -3.48. The van der Waals surface area contributed by atoms with Crippen molar-refractivity contribution in [3.63, 3.8) is 0 Å². The molecule has 2 aromatic heterocycles. The first kappa shape index (κ1) is 25.6. The summed E-state index contributed by atoms with van der Waals surface area (Å²) in [5.41, 5.74) is 3.11. The van der Waals surface area contributed by atoms with Gasteiger partial charge in [-0.05, 0) is 62.2 Å². The second kappa shape index (κ2) is 9.88. The van der Waals surface area contributed by atoms with Gasteiger partial charge in [-0.1, -0.05) is 29.3 Å². The number of hydrogen-bond donors (Lipinski definition) is 0. The minimum absolute atomic E-state index is 0.137. The number of rotatable bonds is 6. The van der Waals surface area contributed by atoms with E-state index in [4.69, 9.17) is 32.4 Å². The molecule has 36 heavy (non-hydrogen) atoms. The fourth-order valence-corrected chi connectivity index (χ4v) is 4.33. The first-order valence-corrected chi connectivity index (χ1v) is 11.4. The smallest absolute Gasteiger partial charge is 0.406 e. The molecular weight excluding hydrogens is 516 g/mol. The Morgan fingerprint density at radius 1 is 1.08 bits per heavy atom. The minimum Gasteiger partial charge on any atom is -0.455 e. The highest BCUT2D eigenvalue weighted by atomic mass is 35.5. The third kappa shape index (κ3) is 5.50. The van der Waals surface area contributed by atoms with Crippen LogP contribution in [-0.2, 0) is 13.0 Å². The normalized spacial score (nSPS) is 11.5. The Morgan fingerprint density at radius 2 is 1.83 bits per heavy atom. The zero-order chi connectivity index (χ0) is 26.2. The largest absolute Gasteiger partial charge is 0.455 e. The molecule has 0 fully saturated rings. The molecule has 0 aliphatic rings. The number of hydrogen-bond acceptors (Lipinski definition) is 5. The van der Waals surface area contributed by atoms with E-state index in [1.807, 2.05) is 13.0 Å². The first-order chi connectivity index (χ1) is 16.9. The average Bonchev–Trinajstić information content (AvgIpc) is 3.37. The molecule has 2 aromatic carbocycles. The van der Waals surface area contributed by atoms with E-state index >= 15 is 0 Å². The van der Waals surface area contributed by atoms with Crippen LogP contribution in [0.5, 0.6) is 11.5 Å². The average molecular weight is 535 g/mol. The van der Waals surface area contributed by atoms with Crippen molar-refractivity contribution in [3.05, 3.63) is 80.4 Å². The Labute approximate surface area is 214 Å². The maximum atomic E-state index is 12.9. The van der Waals surface area contributed by atoms with Gasteiger partial charge in [-0.15, -0.1) is 10.2 Å². The number of alkyl halides is 3. The van der Waals surface area contributed by atoms with Crippen LogP contribution in [0.2, 0.25) is 10.0 Å². The van der Waals surface area contributed by atoms with E-state index in [0.29, 0.717) is 49.6 Å². The lowest BCUT2D eigenvalue weighted by Gasteiger charge is -2.14. The minimum atomic E-state index is -4.35. The summed E-state index contributed by atoms with van der Waals surface area (Å²) >= 11 is 12.4. The van der Waals surface area contributed by atoms with Gasteiger partial charge in [-0.25, -0.2) is 0 Å². The van der Waals surface area contributed by atoms with E-state index in [0.717, 1.165) is 5.56 Å². The lowest BCUT2D eigenvalue weighted by molar-refractivity contribution is -0.141. The lowest BCUT2D eigenvalue weighted by Crippen LogP contribution is -2.19. The van der Waals surface area contributed by atoms with Gasteiger partial charge in [0.15, 0.2) is 0 Å². The topological polar surface area (TPSA) is 76.9 Å². The molecule has 0 N–H and O–H groups in total. The predicted octanol–water partition coefficient (Wildman–Crippen LogP) is 7.59. The van der Waals surface area contributed by atoms with Gasteiger partial charge in [0, 0.05) is 16.4 Å². The molecular formula is C25H19Cl2F3N4O2. The predicted molar refractivity (Wildman–Crippen MR) is 128 cm³/mol. The highest BCUT2D eigenvalue weighted by molar-refractivity contribution is 6.32. The van der Waals surface area contributed by atoms with Crippen LogP contribution < -0.4 is 4.74 Å². The summed E-state index contributed by atoms with van der Waals surface area (Å²) < 4.78 is 51.7. The van der Waals surface area contributed by atoms with Crippen LogP contribution in [0.1, 0.15) is 34.0 Å². The van der Waals surface area contributed by atoms with E-state index in [9.17, 15) is 18.4 Å². The number of ether oxygens (including phenoxy) is 1. The molecule has 186 valence electrons. The second-order valence-corrected chi connectivity index (χ2v) is 9.06. The van der Waals surface area contributed by atoms with E-state index in [-0.39, 0.29) is 18.2 Å². The Balaban J connectivity index is 1.60. The number of nitriles is 1. The van der Waals surface area contributed by atoms with Gasteiger partial charge in [-0.3, -0.25) is 0 Å². The van der Waals surface area contributed by atoms with Crippen LogP contribution in [0, 0.1) is 32.1 Å². The summed E-state index contributed by atoms with van der Waals surface area (Å²) in [6.07, 6.45) is -4.11. The molecule has 0 aliphatic heterocycles. The van der Waals surface area contributed by atoms with Crippen molar-refractivity contribution in [1.82, 2.24) is 14.8 Å². The summed E-state index contributed by atoms with van der Waals surface area (Å²) in [6.45, 7) is 3.89. The van der Waals surface area contributed by atoms with Gasteiger partial charge in [-0.2, -0.15) is 18.4 Å².